The molecule has 1 aromatic carbocycles. The third-order valence-electron chi connectivity index (χ3n) is 7.51. The van der Waals surface area contributed by atoms with Crippen LogP contribution in [0, 0.1) is 5.41 Å². The molecule has 3 aliphatic rings. The second kappa shape index (κ2) is 11.7. The van der Waals surface area contributed by atoms with Gasteiger partial charge >= 0.3 is 0 Å². The Bertz CT molecular complexity index is 1070. The van der Waals surface area contributed by atoms with Crippen LogP contribution >= 0.6 is 0 Å². The molecule has 12 nitrogen and oxygen atoms in total. The third kappa shape index (κ3) is 5.94. The fourth-order valence-corrected chi connectivity index (χ4v) is 5.33. The molecule has 0 aliphatic carbocycles. The van der Waals surface area contributed by atoms with Gasteiger partial charge in [0, 0.05) is 62.5 Å². The van der Waals surface area contributed by atoms with Crippen molar-refractivity contribution in [3.63, 3.8) is 0 Å². The van der Waals surface area contributed by atoms with Crippen molar-refractivity contribution in [2.45, 2.75) is 45.0 Å². The van der Waals surface area contributed by atoms with E-state index in [2.05, 4.69) is 25.1 Å². The quantitative estimate of drug-likeness (QED) is 0.307. The number of anilines is 1. The number of azide groups is 1. The molecule has 3 aliphatic heterocycles. The largest absolute Gasteiger partial charge is 0.383 e. The van der Waals surface area contributed by atoms with Crippen molar-refractivity contribution >= 4 is 23.3 Å². The molecule has 1 N–H and O–H groups in total. The predicted octanol–water partition coefficient (Wildman–Crippen LogP) is 1.46. The molecule has 0 unspecified atom stereocenters. The monoisotopic (exact) mass is 527 g/mol. The van der Waals surface area contributed by atoms with Gasteiger partial charge in [-0.05, 0) is 35.2 Å². The van der Waals surface area contributed by atoms with Gasteiger partial charge in [0.25, 0.3) is 5.91 Å². The highest BCUT2D eigenvalue weighted by atomic mass is 16.5. The third-order valence-corrected chi connectivity index (χ3v) is 7.51. The van der Waals surface area contributed by atoms with Gasteiger partial charge in [-0.2, -0.15) is 0 Å². The molecule has 206 valence electrons. The molecule has 12 heteroatoms. The van der Waals surface area contributed by atoms with Crippen molar-refractivity contribution in [2.75, 3.05) is 64.5 Å². The van der Waals surface area contributed by atoms with Gasteiger partial charge in [0.05, 0.1) is 18.8 Å². The molecule has 4 atom stereocenters. The Balaban J connectivity index is 1.43. The number of nitrogens with zero attached hydrogens (tertiary/aromatic N) is 6. The van der Waals surface area contributed by atoms with E-state index in [-0.39, 0.29) is 24.8 Å². The zero-order valence-electron chi connectivity index (χ0n) is 22.5. The summed E-state index contributed by atoms with van der Waals surface area (Å²) < 4.78 is 10.7. The smallest absolute Gasteiger partial charge is 0.251 e. The summed E-state index contributed by atoms with van der Waals surface area (Å²) in [5, 5.41) is 6.64. The first-order valence-electron chi connectivity index (χ1n) is 13.0. The Morgan fingerprint density at radius 1 is 1.21 bits per heavy atom. The lowest BCUT2D eigenvalue weighted by molar-refractivity contribution is -0.140. The number of nitrogens with one attached hydrogen (secondary N) is 1. The lowest BCUT2D eigenvalue weighted by atomic mass is 9.85. The SMILES string of the molecule is COCCN1CCN(c2ccc(C(=O)N[C@H](C(=O)N3C[C@H](N=[N+]=[N-])[C@H]4OCC(=O)[C@H]43)C(C)(C)C)cc2)CC1. The van der Waals surface area contributed by atoms with Gasteiger partial charge in [0.15, 0.2) is 5.78 Å². The maximum Gasteiger partial charge on any atom is 0.251 e. The number of hydrogen-bond donors (Lipinski definition) is 1. The van der Waals surface area contributed by atoms with Crippen LogP contribution in [-0.4, -0.2) is 111 Å². The van der Waals surface area contributed by atoms with E-state index in [0.29, 0.717) is 5.56 Å². The highest BCUT2D eigenvalue weighted by Gasteiger charge is 2.53. The summed E-state index contributed by atoms with van der Waals surface area (Å²) in [6.07, 6.45) is -0.659. The average Bonchev–Trinajstić information content (AvgIpc) is 3.46. The fraction of sp³-hybridized carbons (Fsp3) is 0.654. The Hall–Kier alpha value is -3.18. The zero-order valence-corrected chi connectivity index (χ0v) is 22.5. The van der Waals surface area contributed by atoms with E-state index in [1.807, 2.05) is 32.9 Å². The summed E-state index contributed by atoms with van der Waals surface area (Å²) in [7, 11) is 1.71. The first kappa shape index (κ1) is 27.8. The van der Waals surface area contributed by atoms with Gasteiger partial charge in [0.1, 0.15) is 18.7 Å². The van der Waals surface area contributed by atoms with Gasteiger partial charge in [-0.25, -0.2) is 0 Å². The van der Waals surface area contributed by atoms with Crippen molar-refractivity contribution in [3.8, 4) is 0 Å². The van der Waals surface area contributed by atoms with Crippen molar-refractivity contribution < 1.29 is 23.9 Å². The molecule has 0 bridgehead atoms. The van der Waals surface area contributed by atoms with E-state index in [1.165, 1.54) is 4.90 Å². The molecule has 0 aromatic heterocycles. The van der Waals surface area contributed by atoms with Gasteiger partial charge < -0.3 is 24.6 Å². The van der Waals surface area contributed by atoms with Gasteiger partial charge in [-0.1, -0.05) is 25.9 Å². The molecule has 38 heavy (non-hydrogen) atoms. The van der Waals surface area contributed by atoms with Gasteiger partial charge in [0.2, 0.25) is 5.91 Å². The van der Waals surface area contributed by atoms with E-state index in [9.17, 15) is 14.4 Å². The van der Waals surface area contributed by atoms with Crippen LogP contribution in [0.3, 0.4) is 0 Å². The number of amides is 2. The van der Waals surface area contributed by atoms with E-state index in [4.69, 9.17) is 15.0 Å². The lowest BCUT2D eigenvalue weighted by Gasteiger charge is -2.36. The van der Waals surface area contributed by atoms with E-state index < -0.39 is 35.6 Å². The van der Waals surface area contributed by atoms with Crippen molar-refractivity contribution in [1.29, 1.82) is 0 Å². The minimum atomic E-state index is -0.895. The van der Waals surface area contributed by atoms with Crippen LogP contribution in [0.25, 0.3) is 10.4 Å². The number of carbonyl (C=O) groups is 3. The standard InChI is InChI=1S/C26H37N7O5/c1-26(2,3)23(25(36)33-15-19(29-30-27)22-21(33)20(34)16-38-22)28-24(35)17-5-7-18(8-6-17)32-11-9-31(10-12-32)13-14-37-4/h5-8,19,21-23H,9-16H2,1-4H3,(H,28,35)/t19-,21+,22+,23+/m0/s1. The molecular formula is C26H37N7O5. The number of rotatable bonds is 8. The number of carbonyl (C=O) groups excluding carboxylic acids is 3. The van der Waals surface area contributed by atoms with E-state index in [0.717, 1.165) is 45.0 Å². The molecule has 3 heterocycles. The Kier molecular flexibility index (Phi) is 8.57. The average molecular weight is 528 g/mol. The highest BCUT2D eigenvalue weighted by Crippen LogP contribution is 2.32. The summed E-state index contributed by atoms with van der Waals surface area (Å²) in [4.78, 5) is 48.4. The Labute approximate surface area is 222 Å². The molecule has 0 spiro atoms. The number of fused-ring (bicyclic) bond motifs is 1. The van der Waals surface area contributed by atoms with Crippen LogP contribution in [0.4, 0.5) is 5.69 Å². The summed E-state index contributed by atoms with van der Waals surface area (Å²) in [5.74, 6) is -0.989. The maximum absolute atomic E-state index is 13.7. The molecule has 0 radical (unpaired) electrons. The number of ketones is 1. The number of piperazine rings is 1. The molecule has 2 amide bonds. The van der Waals surface area contributed by atoms with Crippen molar-refractivity contribution in [3.05, 3.63) is 40.3 Å². The lowest BCUT2D eigenvalue weighted by Crippen LogP contribution is -2.57. The molecular weight excluding hydrogens is 490 g/mol. The number of ether oxygens (including phenoxy) is 2. The van der Waals surface area contributed by atoms with Crippen LogP contribution < -0.4 is 10.2 Å². The summed E-state index contributed by atoms with van der Waals surface area (Å²) in [6.45, 7) is 10.9. The Morgan fingerprint density at radius 3 is 2.50 bits per heavy atom. The van der Waals surface area contributed by atoms with Crippen molar-refractivity contribution in [2.24, 2.45) is 10.5 Å². The normalized spacial score (nSPS) is 24.6. The minimum Gasteiger partial charge on any atom is -0.383 e. The van der Waals surface area contributed by atoms with E-state index in [1.54, 1.807) is 19.2 Å². The number of Topliss-reactive ketones (excluding diaryl/α,β-unsaturated/α-hetero) is 1. The van der Waals surface area contributed by atoms with Crippen LogP contribution in [0.2, 0.25) is 0 Å². The van der Waals surface area contributed by atoms with Gasteiger partial charge in [-0.3, -0.25) is 19.3 Å². The van der Waals surface area contributed by atoms with Crippen molar-refractivity contribution in [1.82, 2.24) is 15.1 Å². The fourth-order valence-electron chi connectivity index (χ4n) is 5.33. The number of methoxy groups -OCH3 is 1. The zero-order chi connectivity index (χ0) is 27.4. The molecule has 3 fully saturated rings. The topological polar surface area (TPSA) is 140 Å². The maximum atomic E-state index is 13.7. The van der Waals surface area contributed by atoms with Crippen LogP contribution in [0.1, 0.15) is 31.1 Å². The molecule has 0 saturated carbocycles. The predicted molar refractivity (Wildman–Crippen MR) is 141 cm³/mol. The molecule has 3 saturated heterocycles. The first-order valence-corrected chi connectivity index (χ1v) is 13.0. The first-order chi connectivity index (χ1) is 18.1. The summed E-state index contributed by atoms with van der Waals surface area (Å²) in [5.41, 5.74) is 9.77. The molecule has 1 aromatic rings. The molecule has 4 rings (SSSR count). The van der Waals surface area contributed by atoms with Gasteiger partial charge in [-0.15, -0.1) is 0 Å². The highest BCUT2D eigenvalue weighted by molar-refractivity contribution is 5.99. The van der Waals surface area contributed by atoms with Crippen LogP contribution in [0.15, 0.2) is 29.4 Å². The summed E-state index contributed by atoms with van der Waals surface area (Å²) >= 11 is 0. The number of hydrogen-bond acceptors (Lipinski definition) is 8. The van der Waals surface area contributed by atoms with E-state index >= 15 is 0 Å². The minimum absolute atomic E-state index is 0.0693. The Morgan fingerprint density at radius 2 is 1.89 bits per heavy atom. The second-order valence-corrected chi connectivity index (χ2v) is 11.1. The number of benzene rings is 1. The van der Waals surface area contributed by atoms with Crippen LogP contribution in [-0.2, 0) is 19.1 Å². The second-order valence-electron chi connectivity index (χ2n) is 11.1. The summed E-state index contributed by atoms with van der Waals surface area (Å²) in [6, 6.07) is 5.04. The number of likely N-dealkylation sites (tertiary alicyclic amines) is 1. The van der Waals surface area contributed by atoms with Crippen LogP contribution in [0.5, 0.6) is 0 Å².